The lowest BCUT2D eigenvalue weighted by molar-refractivity contribution is 0.194. The number of hydrogen-bond acceptors (Lipinski definition) is 3. The molecule has 2 aromatic rings. The first-order valence-electron chi connectivity index (χ1n) is 4.41. The minimum Gasteiger partial charge on any atom is -0.465 e. The van der Waals surface area contributed by atoms with Gasteiger partial charge >= 0.3 is 6.09 Å². The molecule has 0 aliphatic rings. The Morgan fingerprint density at radius 1 is 1.40 bits per heavy atom. The topological polar surface area (TPSA) is 75.1 Å². The van der Waals surface area contributed by atoms with E-state index in [1.54, 1.807) is 18.6 Å². The van der Waals surface area contributed by atoms with E-state index in [-0.39, 0.29) is 6.54 Å². The van der Waals surface area contributed by atoms with Crippen LogP contribution in [0.3, 0.4) is 0 Å². The average molecular weight is 203 g/mol. The van der Waals surface area contributed by atoms with Gasteiger partial charge in [-0.15, -0.1) is 0 Å². The van der Waals surface area contributed by atoms with Crippen molar-refractivity contribution >= 4 is 16.9 Å². The van der Waals surface area contributed by atoms with Crippen LogP contribution in [0.4, 0.5) is 4.79 Å². The van der Waals surface area contributed by atoms with Crippen LogP contribution in [-0.4, -0.2) is 21.2 Å². The van der Waals surface area contributed by atoms with Gasteiger partial charge in [-0.05, 0) is 12.1 Å². The van der Waals surface area contributed by atoms with E-state index < -0.39 is 6.09 Å². The molecule has 0 bridgehead atoms. The minimum absolute atomic E-state index is 0.208. The number of nitrogens with one attached hydrogen (secondary N) is 1. The van der Waals surface area contributed by atoms with Crippen molar-refractivity contribution < 1.29 is 9.90 Å². The highest BCUT2D eigenvalue weighted by molar-refractivity contribution is 5.80. The van der Waals surface area contributed by atoms with E-state index >= 15 is 0 Å². The van der Waals surface area contributed by atoms with E-state index in [1.807, 2.05) is 12.1 Å². The first-order chi connectivity index (χ1) is 7.25. The Balaban J connectivity index is 2.26. The molecule has 0 radical (unpaired) electrons. The maximum atomic E-state index is 10.3. The van der Waals surface area contributed by atoms with Gasteiger partial charge in [-0.3, -0.25) is 9.97 Å². The number of carbonyl (C=O) groups is 1. The fraction of sp³-hybridized carbons (Fsp3) is 0.100. The number of fused-ring (bicyclic) bond motifs is 1. The lowest BCUT2D eigenvalue weighted by atomic mass is 10.2. The third-order valence-electron chi connectivity index (χ3n) is 2.00. The van der Waals surface area contributed by atoms with Crippen LogP contribution in [0.1, 0.15) is 5.69 Å². The van der Waals surface area contributed by atoms with E-state index in [2.05, 4.69) is 15.3 Å². The molecule has 0 atom stereocenters. The molecule has 2 N–H and O–H groups in total. The van der Waals surface area contributed by atoms with Crippen molar-refractivity contribution in [3.63, 3.8) is 0 Å². The summed E-state index contributed by atoms with van der Waals surface area (Å²) >= 11 is 0. The second-order valence-electron chi connectivity index (χ2n) is 3.06. The fourth-order valence-electron chi connectivity index (χ4n) is 1.29. The van der Waals surface area contributed by atoms with E-state index in [1.165, 1.54) is 0 Å². The summed E-state index contributed by atoms with van der Waals surface area (Å²) in [6, 6.07) is 3.68. The highest BCUT2D eigenvalue weighted by Gasteiger charge is 1.99. The van der Waals surface area contributed by atoms with Crippen LogP contribution in [0.25, 0.3) is 10.8 Å². The van der Waals surface area contributed by atoms with Crippen LogP contribution in [0.2, 0.25) is 0 Å². The molecular weight excluding hydrogens is 194 g/mol. The number of nitrogens with zero attached hydrogens (tertiary/aromatic N) is 2. The molecule has 0 aliphatic carbocycles. The lowest BCUT2D eigenvalue weighted by Gasteiger charge is -2.02. The zero-order chi connectivity index (χ0) is 10.7. The molecule has 0 spiro atoms. The number of rotatable bonds is 2. The second-order valence-corrected chi connectivity index (χ2v) is 3.06. The van der Waals surface area contributed by atoms with Gasteiger partial charge in [-0.25, -0.2) is 4.79 Å². The monoisotopic (exact) mass is 203 g/mol. The van der Waals surface area contributed by atoms with Crippen molar-refractivity contribution in [2.45, 2.75) is 6.54 Å². The maximum absolute atomic E-state index is 10.3. The zero-order valence-electron chi connectivity index (χ0n) is 7.84. The summed E-state index contributed by atoms with van der Waals surface area (Å²) in [6.07, 6.45) is 4.07. The van der Waals surface area contributed by atoms with Crippen molar-refractivity contribution in [3.8, 4) is 0 Å². The van der Waals surface area contributed by atoms with E-state index in [4.69, 9.17) is 5.11 Å². The van der Waals surface area contributed by atoms with Crippen LogP contribution in [0.5, 0.6) is 0 Å². The van der Waals surface area contributed by atoms with Crippen LogP contribution in [0.15, 0.2) is 30.7 Å². The van der Waals surface area contributed by atoms with Crippen LogP contribution < -0.4 is 5.32 Å². The Bertz CT molecular complexity index is 499. The van der Waals surface area contributed by atoms with E-state index in [9.17, 15) is 4.79 Å². The number of pyridine rings is 2. The molecule has 0 aromatic carbocycles. The Labute approximate surface area is 85.8 Å². The number of hydrogen-bond donors (Lipinski definition) is 2. The van der Waals surface area contributed by atoms with E-state index in [0.29, 0.717) is 5.69 Å². The van der Waals surface area contributed by atoms with Gasteiger partial charge in [0.25, 0.3) is 0 Å². The minimum atomic E-state index is -1.05. The number of amides is 1. The van der Waals surface area contributed by atoms with Gasteiger partial charge in [0.1, 0.15) is 0 Å². The Kier molecular flexibility index (Phi) is 2.45. The molecule has 2 rings (SSSR count). The SMILES string of the molecule is O=C(O)NCc1cc2cnccc2cn1. The van der Waals surface area contributed by atoms with Gasteiger partial charge in [-0.1, -0.05) is 0 Å². The molecule has 0 unspecified atom stereocenters. The largest absolute Gasteiger partial charge is 0.465 e. The molecule has 76 valence electrons. The highest BCUT2D eigenvalue weighted by Crippen LogP contribution is 2.11. The Morgan fingerprint density at radius 3 is 3.07 bits per heavy atom. The van der Waals surface area contributed by atoms with Crippen LogP contribution in [0, 0.1) is 0 Å². The van der Waals surface area contributed by atoms with Crippen LogP contribution >= 0.6 is 0 Å². The summed E-state index contributed by atoms with van der Waals surface area (Å²) in [5.74, 6) is 0. The quantitative estimate of drug-likeness (QED) is 0.773. The van der Waals surface area contributed by atoms with Gasteiger partial charge in [0.05, 0.1) is 12.2 Å². The normalized spacial score (nSPS) is 10.1. The lowest BCUT2D eigenvalue weighted by Crippen LogP contribution is -2.20. The van der Waals surface area contributed by atoms with Crippen molar-refractivity contribution in [1.29, 1.82) is 0 Å². The summed E-state index contributed by atoms with van der Waals surface area (Å²) in [5.41, 5.74) is 0.679. The predicted octanol–water partition coefficient (Wildman–Crippen LogP) is 1.40. The summed E-state index contributed by atoms with van der Waals surface area (Å²) in [5, 5.41) is 12.6. The van der Waals surface area contributed by atoms with Gasteiger partial charge < -0.3 is 10.4 Å². The molecule has 5 heteroatoms. The third-order valence-corrected chi connectivity index (χ3v) is 2.00. The van der Waals surface area contributed by atoms with Gasteiger partial charge in [-0.2, -0.15) is 0 Å². The first-order valence-corrected chi connectivity index (χ1v) is 4.41. The van der Waals surface area contributed by atoms with Gasteiger partial charge in [0.15, 0.2) is 0 Å². The van der Waals surface area contributed by atoms with Gasteiger partial charge in [0.2, 0.25) is 0 Å². The smallest absolute Gasteiger partial charge is 0.404 e. The van der Waals surface area contributed by atoms with Gasteiger partial charge in [0, 0.05) is 29.4 Å². The fourth-order valence-corrected chi connectivity index (χ4v) is 1.29. The van der Waals surface area contributed by atoms with E-state index in [0.717, 1.165) is 10.8 Å². The first kappa shape index (κ1) is 9.39. The van der Waals surface area contributed by atoms with Crippen molar-refractivity contribution in [2.24, 2.45) is 0 Å². The molecule has 2 heterocycles. The number of aromatic nitrogens is 2. The molecule has 0 fully saturated rings. The molecule has 1 amide bonds. The molecule has 5 nitrogen and oxygen atoms in total. The van der Waals surface area contributed by atoms with Crippen molar-refractivity contribution in [3.05, 3.63) is 36.4 Å². The molecule has 0 saturated carbocycles. The van der Waals surface area contributed by atoms with Crippen LogP contribution in [-0.2, 0) is 6.54 Å². The average Bonchev–Trinajstić information content (AvgIpc) is 2.26. The third kappa shape index (κ3) is 2.19. The summed E-state index contributed by atoms with van der Waals surface area (Å²) < 4.78 is 0. The predicted molar refractivity (Wildman–Crippen MR) is 54.4 cm³/mol. The standard InChI is InChI=1S/C10H9N3O2/c14-10(15)13-6-9-3-8-4-11-2-1-7(8)5-12-9/h1-5,13H,6H2,(H,14,15). The van der Waals surface area contributed by atoms with Crippen molar-refractivity contribution in [2.75, 3.05) is 0 Å². The Morgan fingerprint density at radius 2 is 2.27 bits per heavy atom. The maximum Gasteiger partial charge on any atom is 0.404 e. The second kappa shape index (κ2) is 3.91. The Hall–Kier alpha value is -2.17. The molecule has 0 aliphatic heterocycles. The summed E-state index contributed by atoms with van der Waals surface area (Å²) in [4.78, 5) is 18.4. The number of carboxylic acid groups (broad SMARTS) is 1. The molecule has 15 heavy (non-hydrogen) atoms. The van der Waals surface area contributed by atoms with Crippen molar-refractivity contribution in [1.82, 2.24) is 15.3 Å². The highest BCUT2D eigenvalue weighted by atomic mass is 16.4. The molecule has 2 aromatic heterocycles. The summed E-state index contributed by atoms with van der Waals surface area (Å²) in [7, 11) is 0. The summed E-state index contributed by atoms with van der Waals surface area (Å²) in [6.45, 7) is 0.208. The molecular formula is C10H9N3O2. The zero-order valence-corrected chi connectivity index (χ0v) is 7.84. The molecule has 0 saturated heterocycles.